The molecule has 2 aliphatic heterocycles. The van der Waals surface area contributed by atoms with Gasteiger partial charge in [-0.3, -0.25) is 9.18 Å². The number of nitrogens with one attached hydrogen (secondary N) is 1. The van der Waals surface area contributed by atoms with Gasteiger partial charge in [0.15, 0.2) is 5.17 Å². The third-order valence-electron chi connectivity index (χ3n) is 3.25. The van der Waals surface area contributed by atoms with Crippen molar-refractivity contribution in [3.05, 3.63) is 0 Å². The van der Waals surface area contributed by atoms with Gasteiger partial charge >= 0.3 is 10.3 Å². The third-order valence-corrected chi connectivity index (χ3v) is 5.74. The molecule has 0 unspecified atom stereocenters. The van der Waals surface area contributed by atoms with Crippen LogP contribution in [0.25, 0.3) is 0 Å². The highest BCUT2D eigenvalue weighted by molar-refractivity contribution is 8.14. The van der Waals surface area contributed by atoms with Crippen molar-refractivity contribution in [2.75, 3.05) is 27.7 Å². The second-order valence-electron chi connectivity index (χ2n) is 4.87. The molecule has 0 saturated carbocycles. The topological polar surface area (TPSA) is 121 Å². The van der Waals surface area contributed by atoms with Crippen LogP contribution >= 0.6 is 11.8 Å². The molecule has 0 aromatic carbocycles. The number of hydrogen-bond donors (Lipinski definition) is 3. The van der Waals surface area contributed by atoms with Gasteiger partial charge in [-0.25, -0.2) is 0 Å². The number of nitrogens with zero attached hydrogens (tertiary/aromatic N) is 2. The Kier molecular flexibility index (Phi) is 5.13. The zero-order valence-electron chi connectivity index (χ0n) is 11.8. The summed E-state index contributed by atoms with van der Waals surface area (Å²) in [7, 11) is 0.400. The highest BCUT2D eigenvalue weighted by Crippen LogP contribution is 2.33. The summed E-state index contributed by atoms with van der Waals surface area (Å²) in [6.07, 6.45) is -3.31. The molecule has 0 bridgehead atoms. The van der Waals surface area contributed by atoms with Crippen molar-refractivity contribution < 1.29 is 27.6 Å². The first-order valence-corrected chi connectivity index (χ1v) is 8.49. The van der Waals surface area contributed by atoms with Gasteiger partial charge < -0.3 is 20.3 Å². The molecule has 0 radical (unpaired) electrons. The lowest BCUT2D eigenvalue weighted by molar-refractivity contribution is -0.164. The Hall–Kier alpha value is -0.430. The number of thioether (sulfide) groups is 1. The molecule has 2 heterocycles. The monoisotopic (exact) mass is 341 g/mol. The molecule has 5 atom stereocenters. The summed E-state index contributed by atoms with van der Waals surface area (Å²) in [5.41, 5.74) is -0.460. The Labute approximate surface area is 127 Å². The summed E-state index contributed by atoms with van der Waals surface area (Å²) >= 11 is 1.27. The summed E-state index contributed by atoms with van der Waals surface area (Å²) in [6, 6.07) is -0.495. The minimum Gasteiger partial charge on any atom is -0.388 e. The van der Waals surface area contributed by atoms with Gasteiger partial charge in [-0.05, 0) is 0 Å². The summed E-state index contributed by atoms with van der Waals surface area (Å²) in [4.78, 5) is 3.97. The fourth-order valence-electron chi connectivity index (χ4n) is 1.99. The van der Waals surface area contributed by atoms with Crippen LogP contribution in [0.1, 0.15) is 0 Å². The van der Waals surface area contributed by atoms with Crippen LogP contribution in [0, 0.1) is 0 Å². The van der Waals surface area contributed by atoms with E-state index in [9.17, 15) is 18.6 Å². The summed E-state index contributed by atoms with van der Waals surface area (Å²) in [5.74, 6) is 0. The van der Waals surface area contributed by atoms with Crippen molar-refractivity contribution in [1.82, 2.24) is 9.62 Å². The normalized spacial score (nSPS) is 38.6. The smallest absolute Gasteiger partial charge is 0.337 e. The van der Waals surface area contributed by atoms with E-state index in [0.29, 0.717) is 5.17 Å². The SMILES string of the molecule is CN=C1N[C@@H]2[C@@H](O)[C@H](O)[C@@H](COS(=O)(=O)N(C)C)O[C@@H]2S1. The molecule has 0 amide bonds. The molecule has 3 N–H and O–H groups in total. The second-order valence-corrected chi connectivity index (χ2v) is 7.77. The standard InChI is InChI=1S/C10H19N3O6S2/c1-11-10-12-6-8(15)7(14)5(19-9(6)20-10)4-18-21(16,17)13(2)3/h5-9,14-15H,4H2,1-3H3,(H,11,12)/t5-,6-,7-,8-,9-/m1/s1. The molecule has 2 rings (SSSR count). The number of aliphatic hydroxyl groups is 2. The van der Waals surface area contributed by atoms with Crippen molar-refractivity contribution >= 4 is 27.2 Å². The minimum atomic E-state index is -3.86. The summed E-state index contributed by atoms with van der Waals surface area (Å²) in [6.45, 7) is -0.374. The van der Waals surface area contributed by atoms with Crippen LogP contribution in [-0.2, 0) is 19.2 Å². The zero-order valence-corrected chi connectivity index (χ0v) is 13.5. The molecule has 0 spiro atoms. The Balaban J connectivity index is 2.02. The average Bonchev–Trinajstić information content (AvgIpc) is 2.84. The fourth-order valence-corrected chi connectivity index (χ4v) is 3.61. The Morgan fingerprint density at radius 2 is 2.10 bits per heavy atom. The maximum atomic E-state index is 11.6. The Bertz CT molecular complexity index is 511. The van der Waals surface area contributed by atoms with Crippen LogP contribution in [0.2, 0.25) is 0 Å². The molecule has 0 aromatic rings. The van der Waals surface area contributed by atoms with Gasteiger partial charge in [0.05, 0.1) is 12.6 Å². The molecule has 9 nitrogen and oxygen atoms in total. The summed E-state index contributed by atoms with van der Waals surface area (Å²) in [5, 5.41) is 23.7. The van der Waals surface area contributed by atoms with Gasteiger partial charge in [0.2, 0.25) is 0 Å². The minimum absolute atomic E-state index is 0.374. The van der Waals surface area contributed by atoms with Crippen molar-refractivity contribution in [3.63, 3.8) is 0 Å². The first-order chi connectivity index (χ1) is 9.76. The van der Waals surface area contributed by atoms with Crippen molar-refractivity contribution in [3.8, 4) is 0 Å². The number of hydrogen-bond acceptors (Lipinski definition) is 8. The van der Waals surface area contributed by atoms with E-state index >= 15 is 0 Å². The lowest BCUT2D eigenvalue weighted by Crippen LogP contribution is -2.60. The van der Waals surface area contributed by atoms with Gasteiger partial charge in [-0.15, -0.1) is 0 Å². The average molecular weight is 341 g/mol. The predicted molar refractivity (Wildman–Crippen MR) is 77.1 cm³/mol. The third kappa shape index (κ3) is 3.50. The second kappa shape index (κ2) is 6.36. The van der Waals surface area contributed by atoms with Gasteiger partial charge in [0.1, 0.15) is 23.7 Å². The van der Waals surface area contributed by atoms with E-state index in [2.05, 4.69) is 10.3 Å². The number of aliphatic hydroxyl groups excluding tert-OH is 2. The predicted octanol–water partition coefficient (Wildman–Crippen LogP) is -2.05. The van der Waals surface area contributed by atoms with Gasteiger partial charge in [-0.1, -0.05) is 11.8 Å². The molecule has 21 heavy (non-hydrogen) atoms. The molecule has 2 aliphatic rings. The number of rotatable bonds is 4. The lowest BCUT2D eigenvalue weighted by Gasteiger charge is -2.38. The Morgan fingerprint density at radius 1 is 1.43 bits per heavy atom. The molecule has 2 saturated heterocycles. The van der Waals surface area contributed by atoms with E-state index in [1.165, 1.54) is 25.9 Å². The molecule has 0 aliphatic carbocycles. The van der Waals surface area contributed by atoms with E-state index in [0.717, 1.165) is 4.31 Å². The zero-order chi connectivity index (χ0) is 15.8. The quantitative estimate of drug-likeness (QED) is 0.534. The van der Waals surface area contributed by atoms with E-state index < -0.39 is 40.1 Å². The van der Waals surface area contributed by atoms with Crippen LogP contribution in [-0.4, -0.2) is 85.6 Å². The highest BCUT2D eigenvalue weighted by atomic mass is 32.2. The number of amidine groups is 1. The van der Waals surface area contributed by atoms with Crippen LogP contribution in [0.15, 0.2) is 4.99 Å². The number of aliphatic imine (C=N–C) groups is 1. The largest absolute Gasteiger partial charge is 0.388 e. The Morgan fingerprint density at radius 3 is 2.67 bits per heavy atom. The molecule has 122 valence electrons. The van der Waals surface area contributed by atoms with Crippen LogP contribution in [0.4, 0.5) is 0 Å². The molecular weight excluding hydrogens is 322 g/mol. The molecular formula is C10H19N3O6S2. The van der Waals surface area contributed by atoms with E-state index in [1.807, 2.05) is 0 Å². The van der Waals surface area contributed by atoms with E-state index in [1.54, 1.807) is 7.05 Å². The van der Waals surface area contributed by atoms with Crippen molar-refractivity contribution in [2.24, 2.45) is 4.99 Å². The molecule has 11 heteroatoms. The first kappa shape index (κ1) is 16.9. The number of fused-ring (bicyclic) bond motifs is 1. The fraction of sp³-hybridized carbons (Fsp3) is 0.900. The highest BCUT2D eigenvalue weighted by Gasteiger charge is 2.49. The van der Waals surface area contributed by atoms with Crippen LogP contribution in [0.5, 0.6) is 0 Å². The van der Waals surface area contributed by atoms with Gasteiger partial charge in [0, 0.05) is 21.1 Å². The first-order valence-electron chi connectivity index (χ1n) is 6.24. The molecule has 0 aromatic heterocycles. The van der Waals surface area contributed by atoms with Gasteiger partial charge in [0.25, 0.3) is 0 Å². The van der Waals surface area contributed by atoms with E-state index in [4.69, 9.17) is 8.92 Å². The van der Waals surface area contributed by atoms with Crippen LogP contribution < -0.4 is 5.32 Å². The lowest BCUT2D eigenvalue weighted by atomic mass is 9.98. The van der Waals surface area contributed by atoms with Crippen molar-refractivity contribution in [1.29, 1.82) is 0 Å². The van der Waals surface area contributed by atoms with E-state index in [-0.39, 0.29) is 6.61 Å². The number of ether oxygens (including phenoxy) is 1. The molecule has 2 fully saturated rings. The summed E-state index contributed by atoms with van der Waals surface area (Å²) < 4.78 is 34.4. The van der Waals surface area contributed by atoms with Crippen molar-refractivity contribution in [2.45, 2.75) is 29.8 Å². The maximum absolute atomic E-state index is 11.6. The van der Waals surface area contributed by atoms with Crippen LogP contribution in [0.3, 0.4) is 0 Å². The maximum Gasteiger partial charge on any atom is 0.337 e. The van der Waals surface area contributed by atoms with Gasteiger partial charge in [-0.2, -0.15) is 12.7 Å².